The Hall–Kier alpha value is -2.25. The molecule has 126 valence electrons. The summed E-state index contributed by atoms with van der Waals surface area (Å²) in [6, 6.07) is 8.88. The number of thiazole rings is 1. The summed E-state index contributed by atoms with van der Waals surface area (Å²) in [6.07, 6.45) is 1.81. The number of nitrogens with zero attached hydrogens (tertiary/aromatic N) is 2. The average Bonchev–Trinajstić information content (AvgIpc) is 3.18. The van der Waals surface area contributed by atoms with Gasteiger partial charge in [-0.2, -0.15) is 0 Å². The van der Waals surface area contributed by atoms with Crippen LogP contribution < -0.4 is 5.32 Å². The molecule has 0 spiro atoms. The Labute approximate surface area is 144 Å². The maximum Gasteiger partial charge on any atom is 0.320 e. The third kappa shape index (κ3) is 4.18. The van der Waals surface area contributed by atoms with E-state index in [1.807, 2.05) is 40.6 Å². The van der Waals surface area contributed by atoms with Gasteiger partial charge in [-0.1, -0.05) is 18.2 Å². The van der Waals surface area contributed by atoms with Crippen molar-refractivity contribution in [3.63, 3.8) is 0 Å². The lowest BCUT2D eigenvalue weighted by Crippen LogP contribution is -2.35. The number of carbonyl (C=O) groups excluding carboxylic acids is 1. The lowest BCUT2D eigenvalue weighted by atomic mass is 10.2. The van der Waals surface area contributed by atoms with Crippen LogP contribution in [-0.4, -0.2) is 39.5 Å². The number of carboxylic acids is 1. The predicted octanol–water partition coefficient (Wildman–Crippen LogP) is 2.37. The standard InChI is InChI=1S/C17H19N3O3S/c21-15(18-12-5-2-1-3-6-12)9-16-19-13(11-24-16)10-20-8-4-7-14(20)17(22)23/h1-3,5-6,11,14H,4,7-10H2,(H,18,21)(H,22,23). The molecule has 1 aliphatic heterocycles. The van der Waals surface area contributed by atoms with Crippen LogP contribution in [0.15, 0.2) is 35.7 Å². The first-order valence-corrected chi connectivity index (χ1v) is 8.75. The van der Waals surface area contributed by atoms with Gasteiger partial charge in [-0.3, -0.25) is 14.5 Å². The summed E-state index contributed by atoms with van der Waals surface area (Å²) < 4.78 is 0. The van der Waals surface area contributed by atoms with Crippen molar-refractivity contribution in [3.05, 3.63) is 46.4 Å². The van der Waals surface area contributed by atoms with Crippen LogP contribution >= 0.6 is 11.3 Å². The van der Waals surface area contributed by atoms with Gasteiger partial charge in [0.15, 0.2) is 0 Å². The van der Waals surface area contributed by atoms with E-state index in [9.17, 15) is 14.7 Å². The minimum Gasteiger partial charge on any atom is -0.480 e. The van der Waals surface area contributed by atoms with E-state index in [0.717, 1.165) is 29.4 Å². The lowest BCUT2D eigenvalue weighted by molar-refractivity contribution is -0.142. The maximum atomic E-state index is 12.0. The molecule has 2 heterocycles. The number of aromatic nitrogens is 1. The van der Waals surface area contributed by atoms with E-state index < -0.39 is 12.0 Å². The van der Waals surface area contributed by atoms with Crippen LogP contribution in [0.3, 0.4) is 0 Å². The highest BCUT2D eigenvalue weighted by molar-refractivity contribution is 7.09. The largest absolute Gasteiger partial charge is 0.480 e. The van der Waals surface area contributed by atoms with Crippen molar-refractivity contribution in [2.24, 2.45) is 0 Å². The number of hydrogen-bond acceptors (Lipinski definition) is 5. The van der Waals surface area contributed by atoms with E-state index in [1.165, 1.54) is 11.3 Å². The predicted molar refractivity (Wildman–Crippen MR) is 92.0 cm³/mol. The third-order valence-electron chi connectivity index (χ3n) is 3.98. The van der Waals surface area contributed by atoms with Crippen molar-refractivity contribution in [1.29, 1.82) is 0 Å². The molecule has 1 amide bonds. The minimum absolute atomic E-state index is 0.105. The van der Waals surface area contributed by atoms with Crippen molar-refractivity contribution >= 4 is 28.9 Å². The number of hydrogen-bond donors (Lipinski definition) is 2. The monoisotopic (exact) mass is 345 g/mol. The number of benzene rings is 1. The lowest BCUT2D eigenvalue weighted by Gasteiger charge is -2.19. The molecule has 1 unspecified atom stereocenters. The van der Waals surface area contributed by atoms with Gasteiger partial charge in [-0.15, -0.1) is 11.3 Å². The molecule has 1 atom stereocenters. The summed E-state index contributed by atoms with van der Waals surface area (Å²) in [4.78, 5) is 29.7. The topological polar surface area (TPSA) is 82.5 Å². The van der Waals surface area contributed by atoms with Crippen LogP contribution in [0.4, 0.5) is 5.69 Å². The number of amides is 1. The second-order valence-electron chi connectivity index (χ2n) is 5.79. The molecule has 6 nitrogen and oxygen atoms in total. The van der Waals surface area contributed by atoms with Gasteiger partial charge < -0.3 is 10.4 Å². The first-order chi connectivity index (χ1) is 11.6. The number of rotatable bonds is 6. The molecule has 0 radical (unpaired) electrons. The molecule has 1 saturated heterocycles. The van der Waals surface area contributed by atoms with Gasteiger partial charge in [-0.25, -0.2) is 4.98 Å². The van der Waals surface area contributed by atoms with E-state index in [4.69, 9.17) is 0 Å². The summed E-state index contributed by atoms with van der Waals surface area (Å²) in [5.74, 6) is -0.878. The number of carbonyl (C=O) groups is 2. The molecule has 2 aromatic rings. The highest BCUT2D eigenvalue weighted by atomic mass is 32.1. The van der Waals surface area contributed by atoms with Gasteiger partial charge in [0.25, 0.3) is 0 Å². The van der Waals surface area contributed by atoms with Crippen LogP contribution in [0.1, 0.15) is 23.5 Å². The molecule has 0 aliphatic carbocycles. The van der Waals surface area contributed by atoms with Crippen molar-refractivity contribution in [3.8, 4) is 0 Å². The van der Waals surface area contributed by atoms with E-state index in [1.54, 1.807) is 0 Å². The Morgan fingerprint density at radius 1 is 1.33 bits per heavy atom. The summed E-state index contributed by atoms with van der Waals surface area (Å²) >= 11 is 1.44. The smallest absolute Gasteiger partial charge is 0.320 e. The number of nitrogens with one attached hydrogen (secondary N) is 1. The van der Waals surface area contributed by atoms with Crippen LogP contribution in [0, 0.1) is 0 Å². The highest BCUT2D eigenvalue weighted by Gasteiger charge is 2.30. The van der Waals surface area contributed by atoms with Gasteiger partial charge in [0.1, 0.15) is 11.0 Å². The first-order valence-electron chi connectivity index (χ1n) is 7.87. The molecule has 2 N–H and O–H groups in total. The fraction of sp³-hybridized carbons (Fsp3) is 0.353. The fourth-order valence-electron chi connectivity index (χ4n) is 2.87. The van der Waals surface area contributed by atoms with Gasteiger partial charge >= 0.3 is 5.97 Å². The molecule has 24 heavy (non-hydrogen) atoms. The summed E-state index contributed by atoms with van der Waals surface area (Å²) in [5, 5.41) is 14.7. The van der Waals surface area contributed by atoms with Crippen molar-refractivity contribution in [2.75, 3.05) is 11.9 Å². The molecular weight excluding hydrogens is 326 g/mol. The Morgan fingerprint density at radius 2 is 2.12 bits per heavy atom. The quantitative estimate of drug-likeness (QED) is 0.840. The number of likely N-dealkylation sites (tertiary alicyclic amines) is 1. The van der Waals surface area contributed by atoms with Gasteiger partial charge in [-0.05, 0) is 31.5 Å². The number of carboxylic acid groups (broad SMARTS) is 1. The second-order valence-corrected chi connectivity index (χ2v) is 6.73. The molecule has 1 fully saturated rings. The zero-order chi connectivity index (χ0) is 16.9. The number of anilines is 1. The Balaban J connectivity index is 1.55. The third-order valence-corrected chi connectivity index (χ3v) is 4.88. The van der Waals surface area contributed by atoms with E-state index >= 15 is 0 Å². The summed E-state index contributed by atoms with van der Waals surface area (Å²) in [5.41, 5.74) is 1.59. The number of aliphatic carboxylic acids is 1. The van der Waals surface area contributed by atoms with Crippen molar-refractivity contribution < 1.29 is 14.7 Å². The molecule has 0 saturated carbocycles. The van der Waals surface area contributed by atoms with E-state index in [-0.39, 0.29) is 12.3 Å². The van der Waals surface area contributed by atoms with Crippen molar-refractivity contribution in [1.82, 2.24) is 9.88 Å². The molecule has 1 aromatic heterocycles. The normalized spacial score (nSPS) is 17.8. The second kappa shape index (κ2) is 7.55. The molecule has 0 bridgehead atoms. The zero-order valence-corrected chi connectivity index (χ0v) is 14.0. The van der Waals surface area contributed by atoms with Crippen molar-refractivity contribution in [2.45, 2.75) is 31.8 Å². The van der Waals surface area contributed by atoms with E-state index in [0.29, 0.717) is 13.0 Å². The van der Waals surface area contributed by atoms with Crippen LogP contribution in [0.25, 0.3) is 0 Å². The average molecular weight is 345 g/mol. The van der Waals surface area contributed by atoms with E-state index in [2.05, 4.69) is 10.3 Å². The molecule has 7 heteroatoms. The molecular formula is C17H19N3O3S. The molecule has 1 aromatic carbocycles. The number of para-hydroxylation sites is 1. The highest BCUT2D eigenvalue weighted by Crippen LogP contribution is 2.21. The SMILES string of the molecule is O=C(Cc1nc(CN2CCCC2C(=O)O)cs1)Nc1ccccc1. The van der Waals surface area contributed by atoms with Crippen LogP contribution in [-0.2, 0) is 22.6 Å². The molecule has 1 aliphatic rings. The van der Waals surface area contributed by atoms with Gasteiger partial charge in [0, 0.05) is 17.6 Å². The Bertz CT molecular complexity index is 717. The first kappa shape index (κ1) is 16.6. The fourth-order valence-corrected chi connectivity index (χ4v) is 3.65. The summed E-state index contributed by atoms with van der Waals surface area (Å²) in [6.45, 7) is 1.30. The van der Waals surface area contributed by atoms with Gasteiger partial charge in [0.05, 0.1) is 12.1 Å². The van der Waals surface area contributed by atoms with Gasteiger partial charge in [0.2, 0.25) is 5.91 Å². The van der Waals surface area contributed by atoms with Crippen LogP contribution in [0.2, 0.25) is 0 Å². The van der Waals surface area contributed by atoms with Crippen LogP contribution in [0.5, 0.6) is 0 Å². The minimum atomic E-state index is -0.773. The Morgan fingerprint density at radius 3 is 2.88 bits per heavy atom. The Kier molecular flexibility index (Phi) is 5.22. The summed E-state index contributed by atoms with van der Waals surface area (Å²) in [7, 11) is 0. The molecule has 3 rings (SSSR count). The maximum absolute atomic E-state index is 12.0. The zero-order valence-electron chi connectivity index (χ0n) is 13.1.